The summed E-state index contributed by atoms with van der Waals surface area (Å²) in [6, 6.07) is 13.9. The van der Waals surface area contributed by atoms with Crippen molar-refractivity contribution in [3.05, 3.63) is 59.9 Å². The van der Waals surface area contributed by atoms with Crippen LogP contribution in [0.4, 0.5) is 20.6 Å². The zero-order valence-electron chi connectivity index (χ0n) is 17.4. The highest BCUT2D eigenvalue weighted by Gasteiger charge is 2.27. The quantitative estimate of drug-likeness (QED) is 0.662. The average molecular weight is 423 g/mol. The molecule has 2 aromatic rings. The third-order valence-corrected chi connectivity index (χ3v) is 5.37. The van der Waals surface area contributed by atoms with Crippen LogP contribution < -0.4 is 16.0 Å². The van der Waals surface area contributed by atoms with E-state index in [1.54, 1.807) is 30.3 Å². The second kappa shape index (κ2) is 10.5. The van der Waals surface area contributed by atoms with Gasteiger partial charge in [-0.15, -0.1) is 0 Å². The third-order valence-electron chi connectivity index (χ3n) is 5.37. The van der Waals surface area contributed by atoms with Crippen LogP contribution in [-0.2, 0) is 4.79 Å². The Labute approximate surface area is 181 Å². The molecule has 0 aromatic heterocycles. The molecule has 1 saturated heterocycles. The maximum atomic E-state index is 13.2. The van der Waals surface area contributed by atoms with Crippen molar-refractivity contribution in [2.24, 2.45) is 5.92 Å². The fourth-order valence-corrected chi connectivity index (χ4v) is 3.67. The van der Waals surface area contributed by atoms with Crippen LogP contribution >= 0.6 is 0 Å². The molecule has 2 atom stereocenters. The third kappa shape index (κ3) is 6.52. The minimum absolute atomic E-state index is 0.132. The number of hydrogen-bond donors (Lipinski definition) is 3. The predicted molar refractivity (Wildman–Crippen MR) is 117 cm³/mol. The number of halogens is 1. The number of piperidine rings is 1. The van der Waals surface area contributed by atoms with E-state index in [9.17, 15) is 14.0 Å². The number of benzene rings is 2. The SMILES string of the molecule is CC(C(=O)Nc1cccc(C#N)c1)N1CCCC(CNC(=O)Nc2cccc(F)c2)C1. The van der Waals surface area contributed by atoms with Crippen molar-refractivity contribution in [2.45, 2.75) is 25.8 Å². The van der Waals surface area contributed by atoms with Crippen LogP contribution in [0.1, 0.15) is 25.3 Å². The maximum absolute atomic E-state index is 13.2. The molecule has 1 aliphatic rings. The van der Waals surface area contributed by atoms with Crippen molar-refractivity contribution in [2.75, 3.05) is 30.3 Å². The summed E-state index contributed by atoms with van der Waals surface area (Å²) in [4.78, 5) is 26.9. The number of nitrogens with one attached hydrogen (secondary N) is 3. The molecule has 1 aliphatic heterocycles. The summed E-state index contributed by atoms with van der Waals surface area (Å²) in [5, 5.41) is 17.3. The highest BCUT2D eigenvalue weighted by Crippen LogP contribution is 2.19. The van der Waals surface area contributed by atoms with E-state index in [1.807, 2.05) is 6.92 Å². The second-order valence-corrected chi connectivity index (χ2v) is 7.71. The summed E-state index contributed by atoms with van der Waals surface area (Å²) >= 11 is 0. The number of carbonyl (C=O) groups excluding carboxylic acids is 2. The summed E-state index contributed by atoms with van der Waals surface area (Å²) in [5.41, 5.74) is 1.49. The lowest BCUT2D eigenvalue weighted by Gasteiger charge is -2.36. The maximum Gasteiger partial charge on any atom is 0.319 e. The first-order chi connectivity index (χ1) is 14.9. The fraction of sp³-hybridized carbons (Fsp3) is 0.348. The molecular formula is C23H26FN5O2. The van der Waals surface area contributed by atoms with Crippen molar-refractivity contribution < 1.29 is 14.0 Å². The molecule has 1 heterocycles. The first kappa shape index (κ1) is 22.2. The molecule has 3 rings (SSSR count). The predicted octanol–water partition coefficient (Wildman–Crippen LogP) is 3.56. The van der Waals surface area contributed by atoms with Crippen LogP contribution in [0.15, 0.2) is 48.5 Å². The van der Waals surface area contributed by atoms with Crippen molar-refractivity contribution in [1.82, 2.24) is 10.2 Å². The molecule has 0 aliphatic carbocycles. The molecule has 3 N–H and O–H groups in total. The minimum atomic E-state index is -0.410. The Morgan fingerprint density at radius 3 is 2.68 bits per heavy atom. The van der Waals surface area contributed by atoms with Crippen molar-refractivity contribution in [3.8, 4) is 6.07 Å². The summed E-state index contributed by atoms with van der Waals surface area (Å²) in [6.45, 7) is 3.82. The molecule has 1 fully saturated rings. The molecule has 0 radical (unpaired) electrons. The van der Waals surface area contributed by atoms with E-state index >= 15 is 0 Å². The molecule has 0 spiro atoms. The number of nitriles is 1. The van der Waals surface area contributed by atoms with E-state index in [2.05, 4.69) is 26.9 Å². The smallest absolute Gasteiger partial charge is 0.319 e. The van der Waals surface area contributed by atoms with E-state index in [4.69, 9.17) is 5.26 Å². The van der Waals surface area contributed by atoms with Crippen LogP contribution in [0.2, 0.25) is 0 Å². The van der Waals surface area contributed by atoms with Gasteiger partial charge in [0.25, 0.3) is 0 Å². The van der Waals surface area contributed by atoms with E-state index in [-0.39, 0.29) is 23.9 Å². The van der Waals surface area contributed by atoms with Gasteiger partial charge in [0.15, 0.2) is 0 Å². The number of urea groups is 1. The van der Waals surface area contributed by atoms with Crippen molar-refractivity contribution in [1.29, 1.82) is 5.26 Å². The average Bonchev–Trinajstić information content (AvgIpc) is 2.77. The van der Waals surface area contributed by atoms with E-state index in [0.29, 0.717) is 30.0 Å². The molecule has 3 amide bonds. The molecule has 162 valence electrons. The topological polar surface area (TPSA) is 97.3 Å². The lowest BCUT2D eigenvalue weighted by Crippen LogP contribution is -2.49. The van der Waals surface area contributed by atoms with Crippen LogP contribution in [-0.4, -0.2) is 42.5 Å². The van der Waals surface area contributed by atoms with Crippen LogP contribution in [0.3, 0.4) is 0 Å². The van der Waals surface area contributed by atoms with Gasteiger partial charge in [0, 0.05) is 24.5 Å². The van der Waals surface area contributed by atoms with Gasteiger partial charge in [0.1, 0.15) is 5.82 Å². The van der Waals surface area contributed by atoms with Gasteiger partial charge in [-0.1, -0.05) is 12.1 Å². The van der Waals surface area contributed by atoms with Crippen LogP contribution in [0.25, 0.3) is 0 Å². The largest absolute Gasteiger partial charge is 0.338 e. The molecule has 2 unspecified atom stereocenters. The first-order valence-corrected chi connectivity index (χ1v) is 10.3. The van der Waals surface area contributed by atoms with Crippen molar-refractivity contribution in [3.63, 3.8) is 0 Å². The molecule has 0 saturated carbocycles. The van der Waals surface area contributed by atoms with Crippen molar-refractivity contribution >= 4 is 23.3 Å². The molecule has 0 bridgehead atoms. The van der Waals surface area contributed by atoms with Gasteiger partial charge in [-0.25, -0.2) is 9.18 Å². The van der Waals surface area contributed by atoms with Crippen LogP contribution in [0.5, 0.6) is 0 Å². The lowest BCUT2D eigenvalue weighted by atomic mass is 9.96. The van der Waals surface area contributed by atoms with Gasteiger partial charge in [-0.3, -0.25) is 9.69 Å². The number of anilines is 2. The lowest BCUT2D eigenvalue weighted by molar-refractivity contribution is -0.121. The van der Waals surface area contributed by atoms with Gasteiger partial charge < -0.3 is 16.0 Å². The monoisotopic (exact) mass is 423 g/mol. The second-order valence-electron chi connectivity index (χ2n) is 7.71. The Hall–Kier alpha value is -3.44. The van der Waals surface area contributed by atoms with Gasteiger partial charge in [0.2, 0.25) is 5.91 Å². The summed E-state index contributed by atoms with van der Waals surface area (Å²) in [6.07, 6.45) is 1.88. The standard InChI is InChI=1S/C23H26FN5O2/c1-16(22(30)27-20-8-2-5-17(11-20)13-25)29-10-4-6-18(15-29)14-26-23(31)28-21-9-3-7-19(24)12-21/h2-3,5,7-9,11-12,16,18H,4,6,10,14-15H2,1H3,(H,27,30)(H2,26,28,31). The summed E-state index contributed by atoms with van der Waals surface area (Å²) in [7, 11) is 0. The number of hydrogen-bond acceptors (Lipinski definition) is 4. The van der Waals surface area contributed by atoms with Crippen LogP contribution in [0, 0.1) is 23.1 Å². The number of amides is 3. The number of likely N-dealkylation sites (tertiary alicyclic amines) is 1. The molecule has 2 aromatic carbocycles. The zero-order chi connectivity index (χ0) is 22.2. The highest BCUT2D eigenvalue weighted by atomic mass is 19.1. The van der Waals surface area contributed by atoms with E-state index in [1.165, 1.54) is 18.2 Å². The normalized spacial score (nSPS) is 17.3. The zero-order valence-corrected chi connectivity index (χ0v) is 17.4. The Morgan fingerprint density at radius 2 is 1.94 bits per heavy atom. The Morgan fingerprint density at radius 1 is 1.19 bits per heavy atom. The number of nitrogens with zero attached hydrogens (tertiary/aromatic N) is 2. The number of carbonyl (C=O) groups is 2. The fourth-order valence-electron chi connectivity index (χ4n) is 3.67. The summed E-state index contributed by atoms with van der Waals surface area (Å²) in [5.74, 6) is -0.330. The molecule has 8 heteroatoms. The minimum Gasteiger partial charge on any atom is -0.338 e. The summed E-state index contributed by atoms with van der Waals surface area (Å²) < 4.78 is 13.2. The molecule has 7 nitrogen and oxygen atoms in total. The van der Waals surface area contributed by atoms with Gasteiger partial charge in [0.05, 0.1) is 17.7 Å². The van der Waals surface area contributed by atoms with E-state index in [0.717, 1.165) is 19.4 Å². The Bertz CT molecular complexity index is 974. The molecular weight excluding hydrogens is 397 g/mol. The molecule has 31 heavy (non-hydrogen) atoms. The Kier molecular flexibility index (Phi) is 7.57. The van der Waals surface area contributed by atoms with Gasteiger partial charge in [-0.2, -0.15) is 5.26 Å². The van der Waals surface area contributed by atoms with E-state index < -0.39 is 5.82 Å². The Balaban J connectivity index is 1.48. The highest BCUT2D eigenvalue weighted by molar-refractivity contribution is 5.94. The van der Waals surface area contributed by atoms with Gasteiger partial charge in [-0.05, 0) is 68.6 Å². The first-order valence-electron chi connectivity index (χ1n) is 10.3. The van der Waals surface area contributed by atoms with Gasteiger partial charge >= 0.3 is 6.03 Å². The number of rotatable bonds is 6.